The average Bonchev–Trinajstić information content (AvgIpc) is 2.59. The molecule has 0 amide bonds. The van der Waals surface area contributed by atoms with Gasteiger partial charge in [-0.15, -0.1) is 0 Å². The van der Waals surface area contributed by atoms with E-state index in [0.717, 1.165) is 25.5 Å². The van der Waals surface area contributed by atoms with Crippen LogP contribution in [0.2, 0.25) is 0 Å². The maximum absolute atomic E-state index is 5.61. The van der Waals surface area contributed by atoms with E-state index in [1.165, 1.54) is 11.3 Å². The van der Waals surface area contributed by atoms with Crippen molar-refractivity contribution in [1.29, 1.82) is 0 Å². The van der Waals surface area contributed by atoms with Gasteiger partial charge in [0.05, 0.1) is 18.8 Å². The Balaban J connectivity index is 2.62. The Hall–Kier alpha value is -0.870. The molecule has 0 saturated heterocycles. The second-order valence-corrected chi connectivity index (χ2v) is 5.29. The molecule has 0 spiro atoms. The van der Waals surface area contributed by atoms with Crippen LogP contribution in [0.15, 0.2) is 0 Å². The van der Waals surface area contributed by atoms with Gasteiger partial charge in [0.15, 0.2) is 0 Å². The van der Waals surface area contributed by atoms with Crippen LogP contribution in [-0.4, -0.2) is 30.0 Å². The van der Waals surface area contributed by atoms with Crippen LogP contribution in [0.5, 0.6) is 0 Å². The minimum atomic E-state index is 0.343. The number of hydrogen-bond acceptors (Lipinski definition) is 3. The molecular weight excluding hydrogens is 226 g/mol. The van der Waals surface area contributed by atoms with Gasteiger partial charge < -0.3 is 10.1 Å². The molecule has 1 unspecified atom stereocenters. The molecule has 1 atom stereocenters. The predicted molar refractivity (Wildman–Crippen MR) is 74.8 cm³/mol. The number of hydrogen-bond donors (Lipinski definition) is 1. The van der Waals surface area contributed by atoms with E-state index in [1.54, 1.807) is 0 Å². The highest BCUT2D eigenvalue weighted by molar-refractivity contribution is 5.27. The summed E-state index contributed by atoms with van der Waals surface area (Å²) in [5.74, 6) is 0.588. The Morgan fingerprint density at radius 2 is 1.94 bits per heavy atom. The summed E-state index contributed by atoms with van der Waals surface area (Å²) in [5.41, 5.74) is 3.65. The van der Waals surface area contributed by atoms with E-state index < -0.39 is 0 Å². The predicted octanol–water partition coefficient (Wildman–Crippen LogP) is 2.45. The second kappa shape index (κ2) is 6.90. The quantitative estimate of drug-likeness (QED) is 0.759. The summed E-state index contributed by atoms with van der Waals surface area (Å²) in [4.78, 5) is 0. The van der Waals surface area contributed by atoms with Gasteiger partial charge in [-0.1, -0.05) is 13.8 Å². The van der Waals surface area contributed by atoms with Crippen molar-refractivity contribution in [3.05, 3.63) is 17.0 Å². The first kappa shape index (κ1) is 15.2. The summed E-state index contributed by atoms with van der Waals surface area (Å²) < 4.78 is 7.67. The Kier molecular flexibility index (Phi) is 5.82. The first-order valence-corrected chi connectivity index (χ1v) is 6.76. The van der Waals surface area contributed by atoms with E-state index >= 15 is 0 Å². The largest absolute Gasteiger partial charge is 0.379 e. The highest BCUT2D eigenvalue weighted by atomic mass is 16.5. The maximum atomic E-state index is 5.61. The molecule has 0 aliphatic heterocycles. The van der Waals surface area contributed by atoms with Gasteiger partial charge in [0.25, 0.3) is 0 Å². The van der Waals surface area contributed by atoms with Crippen molar-refractivity contribution in [1.82, 2.24) is 15.1 Å². The molecule has 0 radical (unpaired) electrons. The fraction of sp³-hybridized carbons (Fsp3) is 0.786. The molecule has 0 aromatic carbocycles. The highest BCUT2D eigenvalue weighted by Crippen LogP contribution is 2.20. The van der Waals surface area contributed by atoms with Gasteiger partial charge in [-0.05, 0) is 33.7 Å². The Labute approximate surface area is 111 Å². The van der Waals surface area contributed by atoms with Gasteiger partial charge in [-0.2, -0.15) is 5.10 Å². The SMILES string of the molecule is CNC(C)c1c(C)nn(CCOCC(C)C)c1C. The lowest BCUT2D eigenvalue weighted by molar-refractivity contribution is 0.100. The van der Waals surface area contributed by atoms with Crippen LogP contribution in [-0.2, 0) is 11.3 Å². The van der Waals surface area contributed by atoms with E-state index in [1.807, 2.05) is 7.05 Å². The van der Waals surface area contributed by atoms with Gasteiger partial charge in [0.2, 0.25) is 0 Å². The molecule has 0 bridgehead atoms. The zero-order valence-electron chi connectivity index (χ0n) is 12.6. The zero-order chi connectivity index (χ0) is 13.7. The van der Waals surface area contributed by atoms with Gasteiger partial charge >= 0.3 is 0 Å². The van der Waals surface area contributed by atoms with E-state index in [4.69, 9.17) is 4.74 Å². The van der Waals surface area contributed by atoms with Crippen molar-refractivity contribution in [3.63, 3.8) is 0 Å². The number of rotatable bonds is 7. The Morgan fingerprint density at radius 1 is 1.28 bits per heavy atom. The van der Waals surface area contributed by atoms with E-state index in [9.17, 15) is 0 Å². The fourth-order valence-corrected chi connectivity index (χ4v) is 2.17. The van der Waals surface area contributed by atoms with Crippen LogP contribution in [0.4, 0.5) is 0 Å². The van der Waals surface area contributed by atoms with Gasteiger partial charge in [0, 0.05) is 23.9 Å². The van der Waals surface area contributed by atoms with Crippen molar-refractivity contribution in [2.24, 2.45) is 5.92 Å². The second-order valence-electron chi connectivity index (χ2n) is 5.29. The van der Waals surface area contributed by atoms with Crippen molar-refractivity contribution in [2.75, 3.05) is 20.3 Å². The standard InChI is InChI=1S/C14H27N3O/c1-10(2)9-18-8-7-17-13(5)14(11(3)15-6)12(4)16-17/h10-11,15H,7-9H2,1-6H3. The normalized spacial score (nSPS) is 13.3. The van der Waals surface area contributed by atoms with E-state index in [0.29, 0.717) is 12.0 Å². The van der Waals surface area contributed by atoms with Crippen LogP contribution in [0.3, 0.4) is 0 Å². The lowest BCUT2D eigenvalue weighted by Gasteiger charge is -2.11. The highest BCUT2D eigenvalue weighted by Gasteiger charge is 2.15. The molecule has 0 saturated carbocycles. The average molecular weight is 253 g/mol. The summed E-state index contributed by atoms with van der Waals surface area (Å²) in [6.07, 6.45) is 0. The maximum Gasteiger partial charge on any atom is 0.0662 e. The lowest BCUT2D eigenvalue weighted by atomic mass is 10.1. The molecule has 1 heterocycles. The molecule has 0 aliphatic carbocycles. The number of ether oxygens (including phenoxy) is 1. The van der Waals surface area contributed by atoms with Crippen molar-refractivity contribution in [3.8, 4) is 0 Å². The lowest BCUT2D eigenvalue weighted by Crippen LogP contribution is -2.15. The van der Waals surface area contributed by atoms with Gasteiger partial charge in [-0.3, -0.25) is 4.68 Å². The smallest absolute Gasteiger partial charge is 0.0662 e. The molecule has 4 nitrogen and oxygen atoms in total. The molecule has 0 fully saturated rings. The molecule has 1 N–H and O–H groups in total. The Bertz CT molecular complexity index is 371. The number of nitrogens with one attached hydrogen (secondary N) is 1. The van der Waals surface area contributed by atoms with Crippen molar-refractivity contribution < 1.29 is 4.74 Å². The zero-order valence-corrected chi connectivity index (χ0v) is 12.6. The van der Waals surface area contributed by atoms with Crippen LogP contribution >= 0.6 is 0 Å². The minimum Gasteiger partial charge on any atom is -0.379 e. The molecule has 104 valence electrons. The topological polar surface area (TPSA) is 39.1 Å². The summed E-state index contributed by atoms with van der Waals surface area (Å²) >= 11 is 0. The van der Waals surface area contributed by atoms with Gasteiger partial charge in [-0.25, -0.2) is 0 Å². The molecule has 4 heteroatoms. The summed E-state index contributed by atoms with van der Waals surface area (Å²) in [7, 11) is 1.98. The van der Waals surface area contributed by atoms with Crippen LogP contribution in [0.1, 0.15) is 43.8 Å². The van der Waals surface area contributed by atoms with Crippen LogP contribution < -0.4 is 5.32 Å². The van der Waals surface area contributed by atoms with Gasteiger partial charge in [0.1, 0.15) is 0 Å². The molecule has 1 rings (SSSR count). The number of nitrogens with zero attached hydrogens (tertiary/aromatic N) is 2. The number of aromatic nitrogens is 2. The Morgan fingerprint density at radius 3 is 2.50 bits per heavy atom. The number of aryl methyl sites for hydroxylation is 1. The summed E-state index contributed by atoms with van der Waals surface area (Å²) in [5, 5.41) is 7.87. The summed E-state index contributed by atoms with van der Waals surface area (Å²) in [6, 6.07) is 0.343. The van der Waals surface area contributed by atoms with Crippen molar-refractivity contribution >= 4 is 0 Å². The molecule has 0 aliphatic rings. The third-order valence-corrected chi connectivity index (χ3v) is 3.20. The monoisotopic (exact) mass is 253 g/mol. The van der Waals surface area contributed by atoms with Crippen LogP contribution in [0, 0.1) is 19.8 Å². The minimum absolute atomic E-state index is 0.343. The summed E-state index contributed by atoms with van der Waals surface area (Å²) in [6.45, 7) is 13.1. The fourth-order valence-electron chi connectivity index (χ4n) is 2.17. The third-order valence-electron chi connectivity index (χ3n) is 3.20. The molecular formula is C14H27N3O. The van der Waals surface area contributed by atoms with E-state index in [2.05, 4.69) is 49.7 Å². The van der Waals surface area contributed by atoms with E-state index in [-0.39, 0.29) is 0 Å². The first-order chi connectivity index (χ1) is 8.47. The van der Waals surface area contributed by atoms with Crippen molar-refractivity contribution in [2.45, 2.75) is 47.2 Å². The molecule has 18 heavy (non-hydrogen) atoms. The molecule has 1 aromatic heterocycles. The third kappa shape index (κ3) is 3.82. The first-order valence-electron chi connectivity index (χ1n) is 6.76. The molecule has 1 aromatic rings. The van der Waals surface area contributed by atoms with Crippen LogP contribution in [0.25, 0.3) is 0 Å².